The molecule has 1 unspecified atom stereocenters. The number of aromatic amines is 2. The van der Waals surface area contributed by atoms with Crippen molar-refractivity contribution >= 4 is 28.5 Å². The Kier molecular flexibility index (Phi) is 3.20. The van der Waals surface area contributed by atoms with Crippen LogP contribution in [0.4, 0.5) is 0 Å². The lowest BCUT2D eigenvalue weighted by Gasteiger charge is -2.10. The number of H-pyrrole nitrogens is 2. The number of hydrogen-bond acceptors (Lipinski definition) is 2. The number of amides is 1. The molecule has 1 aromatic carbocycles. The van der Waals surface area contributed by atoms with Crippen LogP contribution in [0.2, 0.25) is 5.02 Å². The van der Waals surface area contributed by atoms with Crippen molar-refractivity contribution < 1.29 is 4.79 Å². The number of hydrogen-bond donors (Lipinski definition) is 3. The first-order chi connectivity index (χ1) is 9.63. The van der Waals surface area contributed by atoms with Gasteiger partial charge in [-0.2, -0.15) is 0 Å². The third kappa shape index (κ3) is 2.40. The number of fused-ring (bicyclic) bond motifs is 1. The minimum atomic E-state index is -0.225. The van der Waals surface area contributed by atoms with E-state index in [1.165, 1.54) is 0 Å². The van der Waals surface area contributed by atoms with E-state index in [-0.39, 0.29) is 11.9 Å². The van der Waals surface area contributed by atoms with Gasteiger partial charge in [0.1, 0.15) is 11.5 Å². The van der Waals surface area contributed by atoms with Crippen molar-refractivity contribution in [3.63, 3.8) is 0 Å². The van der Waals surface area contributed by atoms with Crippen LogP contribution in [0.25, 0.3) is 11.0 Å². The number of carbonyl (C=O) groups is 1. The van der Waals surface area contributed by atoms with Gasteiger partial charge in [0, 0.05) is 6.20 Å². The molecule has 0 aliphatic heterocycles. The summed E-state index contributed by atoms with van der Waals surface area (Å²) in [5.41, 5.74) is 2.26. The van der Waals surface area contributed by atoms with Gasteiger partial charge in [0.05, 0.1) is 22.1 Å². The Morgan fingerprint density at radius 2 is 2.20 bits per heavy atom. The predicted octanol–water partition coefficient (Wildman–Crippen LogP) is 3.04. The molecular formula is C14H13ClN4O. The predicted molar refractivity (Wildman–Crippen MR) is 77.8 cm³/mol. The Hall–Kier alpha value is -2.27. The van der Waals surface area contributed by atoms with E-state index in [1.807, 2.05) is 31.2 Å². The first-order valence-electron chi connectivity index (χ1n) is 6.23. The van der Waals surface area contributed by atoms with E-state index in [0.717, 1.165) is 16.9 Å². The summed E-state index contributed by atoms with van der Waals surface area (Å²) in [6.07, 6.45) is 1.57. The van der Waals surface area contributed by atoms with E-state index in [9.17, 15) is 4.79 Å². The average Bonchev–Trinajstić information content (AvgIpc) is 3.04. The summed E-state index contributed by atoms with van der Waals surface area (Å²) in [5.74, 6) is 0.502. The number of nitrogens with one attached hydrogen (secondary N) is 3. The second kappa shape index (κ2) is 5.02. The molecule has 102 valence electrons. The fourth-order valence-corrected chi connectivity index (χ4v) is 2.18. The van der Waals surface area contributed by atoms with Gasteiger partial charge in [-0.25, -0.2) is 4.98 Å². The largest absolute Gasteiger partial charge is 0.356 e. The third-order valence-corrected chi connectivity index (χ3v) is 3.28. The third-order valence-electron chi connectivity index (χ3n) is 3.06. The summed E-state index contributed by atoms with van der Waals surface area (Å²) in [6, 6.07) is 9.10. The molecule has 0 saturated heterocycles. The molecule has 0 bridgehead atoms. The van der Waals surface area contributed by atoms with Crippen molar-refractivity contribution in [1.29, 1.82) is 0 Å². The molecule has 3 rings (SSSR count). The summed E-state index contributed by atoms with van der Waals surface area (Å²) >= 11 is 5.78. The van der Waals surface area contributed by atoms with Crippen LogP contribution in [-0.2, 0) is 0 Å². The van der Waals surface area contributed by atoms with E-state index < -0.39 is 0 Å². The lowest BCUT2D eigenvalue weighted by atomic mass is 10.3. The van der Waals surface area contributed by atoms with E-state index >= 15 is 0 Å². The molecule has 0 spiro atoms. The van der Waals surface area contributed by atoms with Gasteiger partial charge in [-0.05, 0) is 25.1 Å². The van der Waals surface area contributed by atoms with Crippen LogP contribution in [0.1, 0.15) is 29.3 Å². The highest BCUT2D eigenvalue weighted by Crippen LogP contribution is 2.16. The number of para-hydroxylation sites is 2. The van der Waals surface area contributed by atoms with Gasteiger partial charge in [-0.15, -0.1) is 0 Å². The maximum absolute atomic E-state index is 12.0. The lowest BCUT2D eigenvalue weighted by Crippen LogP contribution is -2.27. The first-order valence-corrected chi connectivity index (χ1v) is 6.61. The van der Waals surface area contributed by atoms with Crippen molar-refractivity contribution in [2.75, 3.05) is 0 Å². The second-order valence-electron chi connectivity index (χ2n) is 4.57. The molecule has 0 radical (unpaired) electrons. The van der Waals surface area contributed by atoms with Crippen molar-refractivity contribution in [3.05, 3.63) is 53.1 Å². The van der Waals surface area contributed by atoms with Crippen LogP contribution in [0.15, 0.2) is 36.5 Å². The smallest absolute Gasteiger partial charge is 0.268 e. The molecule has 2 heterocycles. The summed E-state index contributed by atoms with van der Waals surface area (Å²) < 4.78 is 0. The standard InChI is InChI=1S/C14H13ClN4O/c1-8(17-14(20)12-6-9(15)7-16-12)13-18-10-4-2-3-5-11(10)19-13/h2-8,16H,1H3,(H,17,20)(H,18,19). The zero-order valence-electron chi connectivity index (χ0n) is 10.8. The van der Waals surface area contributed by atoms with Crippen molar-refractivity contribution in [3.8, 4) is 0 Å². The van der Waals surface area contributed by atoms with Gasteiger partial charge in [0.2, 0.25) is 0 Å². The monoisotopic (exact) mass is 288 g/mol. The molecule has 20 heavy (non-hydrogen) atoms. The summed E-state index contributed by atoms with van der Waals surface area (Å²) in [5, 5.41) is 3.37. The maximum atomic E-state index is 12.0. The first kappa shape index (κ1) is 12.7. The van der Waals surface area contributed by atoms with Crippen LogP contribution in [0.3, 0.4) is 0 Å². The molecule has 6 heteroatoms. The van der Waals surface area contributed by atoms with Crippen molar-refractivity contribution in [2.45, 2.75) is 13.0 Å². The maximum Gasteiger partial charge on any atom is 0.268 e. The van der Waals surface area contributed by atoms with Gasteiger partial charge in [0.25, 0.3) is 5.91 Å². The quantitative estimate of drug-likeness (QED) is 0.693. The van der Waals surface area contributed by atoms with Crippen molar-refractivity contribution in [1.82, 2.24) is 20.3 Å². The Labute approximate surface area is 120 Å². The van der Waals surface area contributed by atoms with Crippen LogP contribution >= 0.6 is 11.6 Å². The Balaban J connectivity index is 1.78. The van der Waals surface area contributed by atoms with Crippen LogP contribution in [0.5, 0.6) is 0 Å². The van der Waals surface area contributed by atoms with E-state index in [4.69, 9.17) is 11.6 Å². The Bertz CT molecular complexity index is 728. The number of rotatable bonds is 3. The number of aromatic nitrogens is 3. The molecular weight excluding hydrogens is 276 g/mol. The molecule has 1 atom stereocenters. The number of benzene rings is 1. The molecule has 0 aliphatic rings. The second-order valence-corrected chi connectivity index (χ2v) is 5.00. The molecule has 5 nitrogen and oxygen atoms in total. The lowest BCUT2D eigenvalue weighted by molar-refractivity contribution is 0.0934. The van der Waals surface area contributed by atoms with Gasteiger partial charge in [-0.1, -0.05) is 23.7 Å². The Morgan fingerprint density at radius 1 is 1.40 bits per heavy atom. The van der Waals surface area contributed by atoms with Gasteiger partial charge in [0.15, 0.2) is 0 Å². The zero-order chi connectivity index (χ0) is 14.1. The zero-order valence-corrected chi connectivity index (χ0v) is 11.5. The van der Waals surface area contributed by atoms with E-state index in [2.05, 4.69) is 20.3 Å². The summed E-state index contributed by atoms with van der Waals surface area (Å²) in [7, 11) is 0. The van der Waals surface area contributed by atoms with E-state index in [0.29, 0.717) is 10.7 Å². The molecule has 3 aromatic rings. The highest BCUT2D eigenvalue weighted by Gasteiger charge is 2.15. The molecule has 2 aromatic heterocycles. The normalized spacial score (nSPS) is 12.5. The highest BCUT2D eigenvalue weighted by atomic mass is 35.5. The number of nitrogens with zero attached hydrogens (tertiary/aromatic N) is 1. The van der Waals surface area contributed by atoms with E-state index in [1.54, 1.807) is 12.3 Å². The summed E-state index contributed by atoms with van der Waals surface area (Å²) in [6.45, 7) is 1.88. The fourth-order valence-electron chi connectivity index (χ4n) is 2.02. The minimum Gasteiger partial charge on any atom is -0.356 e. The SMILES string of the molecule is CC(NC(=O)c1cc(Cl)c[nH]1)c1nc2ccccc2[nH]1. The fraction of sp³-hybridized carbons (Fsp3) is 0.143. The van der Waals surface area contributed by atoms with Crippen LogP contribution in [0, 0.1) is 0 Å². The van der Waals surface area contributed by atoms with Gasteiger partial charge < -0.3 is 15.3 Å². The molecule has 3 N–H and O–H groups in total. The number of halogens is 1. The van der Waals surface area contributed by atoms with Crippen molar-refractivity contribution in [2.24, 2.45) is 0 Å². The van der Waals surface area contributed by atoms with Crippen LogP contribution < -0.4 is 5.32 Å². The summed E-state index contributed by atoms with van der Waals surface area (Å²) in [4.78, 5) is 22.5. The van der Waals surface area contributed by atoms with Gasteiger partial charge in [-0.3, -0.25) is 4.79 Å². The molecule has 0 saturated carbocycles. The topological polar surface area (TPSA) is 73.6 Å². The van der Waals surface area contributed by atoms with Gasteiger partial charge >= 0.3 is 0 Å². The number of imidazole rings is 1. The minimum absolute atomic E-state index is 0.218. The molecule has 0 aliphatic carbocycles. The molecule has 0 fully saturated rings. The van der Waals surface area contributed by atoms with Crippen LogP contribution in [-0.4, -0.2) is 20.9 Å². The average molecular weight is 289 g/mol. The Morgan fingerprint density at radius 3 is 2.90 bits per heavy atom. The number of carbonyl (C=O) groups excluding carboxylic acids is 1. The highest BCUT2D eigenvalue weighted by molar-refractivity contribution is 6.30. The molecule has 1 amide bonds.